The molecule has 75 heavy (non-hydrogen) atoms. The Morgan fingerprint density at radius 3 is 0.467 bits per heavy atom. The van der Waals surface area contributed by atoms with E-state index in [1.165, 1.54) is 231 Å². The van der Waals surface area contributed by atoms with Crippen molar-refractivity contribution in [3.8, 4) is 0 Å². The first-order valence-corrected chi connectivity index (χ1v) is 34.0. The van der Waals surface area contributed by atoms with Crippen LogP contribution in [0.15, 0.2) is 0 Å². The maximum absolute atomic E-state index is 14.7. The fourth-order valence-corrected chi connectivity index (χ4v) is 11.4. The number of ether oxygens (including phenoxy) is 1. The van der Waals surface area contributed by atoms with E-state index < -0.39 is 11.2 Å². The van der Waals surface area contributed by atoms with Crippen molar-refractivity contribution in [3.05, 3.63) is 0 Å². The van der Waals surface area contributed by atoms with Crippen LogP contribution in [0.1, 0.15) is 387 Å². The molecule has 0 aromatic heterocycles. The van der Waals surface area contributed by atoms with Gasteiger partial charge in [0.15, 0.2) is 34.3 Å². The van der Waals surface area contributed by atoms with E-state index in [9.17, 15) is 19.2 Å². The Balaban J connectivity index is 5.91. The van der Waals surface area contributed by atoms with Gasteiger partial charge in [-0.05, 0) is 25.7 Å². The Bertz CT molecular complexity index is 1090. The van der Waals surface area contributed by atoms with E-state index in [0.29, 0.717) is 25.7 Å². The molecule has 7 nitrogen and oxygen atoms in total. The van der Waals surface area contributed by atoms with Crippen LogP contribution in [0.4, 0.5) is 0 Å². The largest absolute Gasteiger partial charge is 0.334 e. The molecule has 7 heteroatoms. The second-order valence-electron chi connectivity index (χ2n) is 23.8. The molecule has 0 aliphatic carbocycles. The first kappa shape index (κ1) is 73.6. The Morgan fingerprint density at radius 1 is 0.227 bits per heavy atom. The molecule has 0 radical (unpaired) electrons. The Kier molecular flexibility index (Phi) is 54.8. The fourth-order valence-electron chi connectivity index (χ4n) is 11.4. The lowest BCUT2D eigenvalue weighted by Gasteiger charge is -2.40. The van der Waals surface area contributed by atoms with Gasteiger partial charge in [-0.1, -0.05) is 336 Å². The number of Topliss-reactive ketones (excluding diaryl/α,β-unsaturated/α-hetero) is 4. The number of hydrogen-bond acceptors (Lipinski definition) is 7. The monoisotopic (exact) mass is 1060 g/mol. The van der Waals surface area contributed by atoms with Crippen LogP contribution in [-0.4, -0.2) is 47.4 Å². The highest BCUT2D eigenvalue weighted by Crippen LogP contribution is 2.32. The van der Waals surface area contributed by atoms with Crippen LogP contribution in [0.2, 0.25) is 0 Å². The predicted molar refractivity (Wildman–Crippen MR) is 326 cm³/mol. The van der Waals surface area contributed by atoms with Gasteiger partial charge < -0.3 is 16.2 Å². The predicted octanol–water partition coefficient (Wildman–Crippen LogP) is 20.6. The second kappa shape index (κ2) is 55.9. The van der Waals surface area contributed by atoms with E-state index in [1.807, 2.05) is 0 Å². The SMILES string of the molecule is CCCCCCCCCCCCCCCC(=O)C(CN)(OC(CN)(C(=O)CCCCCCCCCCCCCCC)C(=O)CCCCCCCCCCCCCCC)C(=O)CCCCCCCCCCCCCCC. The number of unbranched alkanes of at least 4 members (excludes halogenated alkanes) is 48. The number of carbonyl (C=O) groups is 4. The topological polar surface area (TPSA) is 130 Å². The Labute approximate surface area is 468 Å². The zero-order chi connectivity index (χ0) is 55.0. The van der Waals surface area contributed by atoms with Gasteiger partial charge in [0.2, 0.25) is 0 Å². The summed E-state index contributed by atoms with van der Waals surface area (Å²) in [6.07, 6.45) is 62.3. The normalized spacial score (nSPS) is 12.0. The van der Waals surface area contributed by atoms with Crippen molar-refractivity contribution in [3.63, 3.8) is 0 Å². The first-order chi connectivity index (χ1) is 36.8. The molecule has 0 saturated heterocycles. The Morgan fingerprint density at radius 2 is 0.347 bits per heavy atom. The molecule has 444 valence electrons. The van der Waals surface area contributed by atoms with Crippen LogP contribution < -0.4 is 11.5 Å². The van der Waals surface area contributed by atoms with Crippen LogP contribution >= 0.6 is 0 Å². The molecule has 0 amide bonds. The summed E-state index contributed by atoms with van der Waals surface area (Å²) in [6, 6.07) is 0. The van der Waals surface area contributed by atoms with E-state index in [-0.39, 0.29) is 61.9 Å². The van der Waals surface area contributed by atoms with Crippen molar-refractivity contribution < 1.29 is 23.9 Å². The molecule has 0 rings (SSSR count). The standard InChI is InChI=1S/C68H132N2O5/c1-5-9-13-17-21-25-29-33-37-41-45-49-53-57-63(71)67(61-69,64(72)58-54-50-46-42-38-34-30-26-22-18-14-10-6-2)75-68(62-70,65(73)59-55-51-47-43-39-35-31-27-23-19-15-11-7-3)66(74)60-56-52-48-44-40-36-32-28-24-20-16-12-8-4/h5-62,69-70H2,1-4H3. The maximum atomic E-state index is 14.7. The highest BCUT2D eigenvalue weighted by atomic mass is 16.5. The molecule has 0 bridgehead atoms. The van der Waals surface area contributed by atoms with Crippen molar-refractivity contribution in [2.75, 3.05) is 13.1 Å². The number of nitrogens with two attached hydrogens (primary N) is 2. The molecule has 0 spiro atoms. The van der Waals surface area contributed by atoms with Gasteiger partial charge in [-0.15, -0.1) is 0 Å². The summed E-state index contributed by atoms with van der Waals surface area (Å²) in [7, 11) is 0. The molecule has 0 aliphatic rings. The van der Waals surface area contributed by atoms with E-state index in [2.05, 4.69) is 27.7 Å². The van der Waals surface area contributed by atoms with Crippen LogP contribution in [0.3, 0.4) is 0 Å². The third-order valence-electron chi connectivity index (χ3n) is 16.8. The number of ketones is 4. The van der Waals surface area contributed by atoms with Crippen LogP contribution in [-0.2, 0) is 23.9 Å². The zero-order valence-corrected chi connectivity index (χ0v) is 51.2. The minimum atomic E-state index is -2.06. The van der Waals surface area contributed by atoms with Gasteiger partial charge in [0.25, 0.3) is 0 Å². The first-order valence-electron chi connectivity index (χ1n) is 34.0. The van der Waals surface area contributed by atoms with Crippen molar-refractivity contribution >= 4 is 23.1 Å². The molecule has 0 unspecified atom stereocenters. The summed E-state index contributed by atoms with van der Waals surface area (Å²) in [6.45, 7) is 8.28. The van der Waals surface area contributed by atoms with Gasteiger partial charge in [-0.2, -0.15) is 0 Å². The lowest BCUT2D eigenvalue weighted by Crippen LogP contribution is -2.66. The smallest absolute Gasteiger partial charge is 0.198 e. The van der Waals surface area contributed by atoms with Crippen molar-refractivity contribution in [1.29, 1.82) is 0 Å². The highest BCUT2D eigenvalue weighted by Gasteiger charge is 2.55. The third kappa shape index (κ3) is 40.4. The molecule has 0 aromatic carbocycles. The minimum Gasteiger partial charge on any atom is -0.334 e. The average molecular weight is 1060 g/mol. The fraction of sp³-hybridized carbons (Fsp3) is 0.941. The summed E-state index contributed by atoms with van der Waals surface area (Å²) in [4.78, 5) is 58.8. The number of hydrogen-bond donors (Lipinski definition) is 2. The van der Waals surface area contributed by atoms with E-state index >= 15 is 0 Å². The molecule has 4 N–H and O–H groups in total. The zero-order valence-electron chi connectivity index (χ0n) is 51.2. The molecule has 0 aliphatic heterocycles. The summed E-state index contributed by atoms with van der Waals surface area (Å²) in [5, 5.41) is 0. The number of carbonyl (C=O) groups excluding carboxylic acids is 4. The van der Waals surface area contributed by atoms with Gasteiger partial charge in [0.05, 0.1) is 0 Å². The molecule has 0 atom stereocenters. The molecule has 0 heterocycles. The quantitative estimate of drug-likeness (QED) is 0.0458. The molecule has 0 aromatic rings. The van der Waals surface area contributed by atoms with Crippen LogP contribution in [0.5, 0.6) is 0 Å². The average Bonchev–Trinajstić information content (AvgIpc) is 3.41. The van der Waals surface area contributed by atoms with Crippen molar-refractivity contribution in [2.24, 2.45) is 11.5 Å². The van der Waals surface area contributed by atoms with Gasteiger partial charge >= 0.3 is 0 Å². The van der Waals surface area contributed by atoms with Crippen molar-refractivity contribution in [1.82, 2.24) is 0 Å². The minimum absolute atomic E-state index is 0.139. The molecule has 0 fully saturated rings. The summed E-state index contributed by atoms with van der Waals surface area (Å²) < 4.78 is 6.78. The van der Waals surface area contributed by atoms with Gasteiger partial charge in [0.1, 0.15) is 0 Å². The van der Waals surface area contributed by atoms with E-state index in [4.69, 9.17) is 16.2 Å². The maximum Gasteiger partial charge on any atom is 0.198 e. The number of rotatable bonds is 64. The van der Waals surface area contributed by atoms with Gasteiger partial charge in [0, 0.05) is 38.8 Å². The molecule has 0 saturated carbocycles. The highest BCUT2D eigenvalue weighted by molar-refractivity contribution is 6.14. The van der Waals surface area contributed by atoms with Crippen LogP contribution in [0.25, 0.3) is 0 Å². The van der Waals surface area contributed by atoms with Crippen LogP contribution in [0, 0.1) is 0 Å². The lowest BCUT2D eigenvalue weighted by molar-refractivity contribution is -0.187. The lowest BCUT2D eigenvalue weighted by atomic mass is 9.82. The molecular formula is C68H132N2O5. The second-order valence-corrected chi connectivity index (χ2v) is 23.8. The summed E-state index contributed by atoms with van der Waals surface area (Å²) in [5.41, 5.74) is 9.03. The summed E-state index contributed by atoms with van der Waals surface area (Å²) in [5.74, 6) is -1.53. The Hall–Kier alpha value is -1.44. The summed E-state index contributed by atoms with van der Waals surface area (Å²) >= 11 is 0. The van der Waals surface area contributed by atoms with Crippen molar-refractivity contribution in [2.45, 2.75) is 398 Å². The third-order valence-corrected chi connectivity index (χ3v) is 16.8. The van der Waals surface area contributed by atoms with E-state index in [0.717, 1.165) is 77.0 Å². The van der Waals surface area contributed by atoms with E-state index in [1.54, 1.807) is 0 Å². The van der Waals surface area contributed by atoms with Gasteiger partial charge in [-0.3, -0.25) is 19.2 Å². The molecular weight excluding hydrogens is 925 g/mol. The van der Waals surface area contributed by atoms with Gasteiger partial charge in [-0.25, -0.2) is 0 Å².